The minimum Gasteiger partial charge on any atom is -0.357 e. The summed E-state index contributed by atoms with van der Waals surface area (Å²) in [5.41, 5.74) is 1.13. The molecule has 100 valence electrons. The van der Waals surface area contributed by atoms with Gasteiger partial charge in [0.1, 0.15) is 5.82 Å². The fraction of sp³-hybridized carbons (Fsp3) is 0.692. The van der Waals surface area contributed by atoms with E-state index in [0.29, 0.717) is 12.0 Å². The number of nitrogens with zero attached hydrogens (tertiary/aromatic N) is 4. The number of aromatic nitrogens is 2. The Morgan fingerprint density at radius 3 is 2.94 bits per heavy atom. The fourth-order valence-corrected chi connectivity index (χ4v) is 2.54. The van der Waals surface area contributed by atoms with Gasteiger partial charge in [-0.1, -0.05) is 0 Å². The maximum Gasteiger partial charge on any atom is 0.224 e. The van der Waals surface area contributed by atoms with Crippen LogP contribution in [0.4, 0.5) is 11.8 Å². The monoisotopic (exact) mass is 249 g/mol. The molecule has 0 radical (unpaired) electrons. The first kappa shape index (κ1) is 13.1. The van der Waals surface area contributed by atoms with Gasteiger partial charge in [0.15, 0.2) is 0 Å². The van der Waals surface area contributed by atoms with Crippen LogP contribution in [0.25, 0.3) is 0 Å². The lowest BCUT2D eigenvalue weighted by atomic mass is 10.0. The highest BCUT2D eigenvalue weighted by atomic mass is 15.3. The van der Waals surface area contributed by atoms with Crippen LogP contribution in [0, 0.1) is 6.92 Å². The van der Waals surface area contributed by atoms with Crippen LogP contribution in [-0.4, -0.2) is 55.1 Å². The Bertz CT molecular complexity index is 406. The molecule has 2 rings (SSSR count). The molecule has 0 spiro atoms. The first-order valence-electron chi connectivity index (χ1n) is 6.54. The summed E-state index contributed by atoms with van der Waals surface area (Å²) in [4.78, 5) is 13.5. The third-order valence-corrected chi connectivity index (χ3v) is 3.65. The van der Waals surface area contributed by atoms with Crippen LogP contribution in [-0.2, 0) is 0 Å². The molecule has 18 heavy (non-hydrogen) atoms. The van der Waals surface area contributed by atoms with Crippen molar-refractivity contribution in [3.8, 4) is 0 Å². The Kier molecular flexibility index (Phi) is 4.01. The second-order valence-electron chi connectivity index (χ2n) is 5.12. The van der Waals surface area contributed by atoms with Crippen molar-refractivity contribution < 1.29 is 0 Å². The van der Waals surface area contributed by atoms with Crippen molar-refractivity contribution in [2.45, 2.75) is 25.8 Å². The van der Waals surface area contributed by atoms with Crippen molar-refractivity contribution >= 4 is 11.8 Å². The maximum absolute atomic E-state index is 4.58. The number of nitrogens with one attached hydrogen (secondary N) is 1. The summed E-state index contributed by atoms with van der Waals surface area (Å²) in [6.45, 7) is 4.38. The molecule has 1 aliphatic heterocycles. The van der Waals surface area contributed by atoms with Crippen molar-refractivity contribution in [3.05, 3.63) is 11.8 Å². The van der Waals surface area contributed by atoms with E-state index in [2.05, 4.69) is 46.1 Å². The molecular weight excluding hydrogens is 226 g/mol. The zero-order valence-corrected chi connectivity index (χ0v) is 11.8. The molecular formula is C13H23N5. The summed E-state index contributed by atoms with van der Waals surface area (Å²) in [6, 6.07) is 0.544. The van der Waals surface area contributed by atoms with Crippen LogP contribution in [0.3, 0.4) is 0 Å². The van der Waals surface area contributed by atoms with Crippen LogP contribution >= 0.6 is 0 Å². The van der Waals surface area contributed by atoms with Crippen LogP contribution in [0.15, 0.2) is 6.20 Å². The summed E-state index contributed by atoms with van der Waals surface area (Å²) in [6.07, 6.45) is 4.38. The number of piperidine rings is 1. The molecule has 0 saturated carbocycles. The van der Waals surface area contributed by atoms with Gasteiger partial charge in [-0.15, -0.1) is 0 Å². The minimum atomic E-state index is 0.544. The number of anilines is 2. The Morgan fingerprint density at radius 1 is 1.50 bits per heavy atom. The van der Waals surface area contributed by atoms with Crippen molar-refractivity contribution in [3.63, 3.8) is 0 Å². The van der Waals surface area contributed by atoms with Gasteiger partial charge in [0.2, 0.25) is 5.95 Å². The van der Waals surface area contributed by atoms with Gasteiger partial charge < -0.3 is 15.1 Å². The van der Waals surface area contributed by atoms with Gasteiger partial charge in [-0.25, -0.2) is 4.98 Å². The first-order chi connectivity index (χ1) is 8.61. The number of hydrogen-bond donors (Lipinski definition) is 1. The van der Waals surface area contributed by atoms with Gasteiger partial charge in [0.25, 0.3) is 0 Å². The number of rotatable bonds is 3. The number of aryl methyl sites for hydroxylation is 1. The van der Waals surface area contributed by atoms with Gasteiger partial charge in [0, 0.05) is 38.4 Å². The summed E-state index contributed by atoms with van der Waals surface area (Å²) < 4.78 is 0. The highest BCUT2D eigenvalue weighted by molar-refractivity contribution is 5.49. The lowest BCUT2D eigenvalue weighted by Crippen LogP contribution is -2.45. The maximum atomic E-state index is 4.58. The molecule has 1 aliphatic rings. The molecule has 1 aromatic heterocycles. The molecule has 1 unspecified atom stereocenters. The van der Waals surface area contributed by atoms with E-state index in [-0.39, 0.29) is 0 Å². The highest BCUT2D eigenvalue weighted by Crippen LogP contribution is 2.22. The van der Waals surface area contributed by atoms with Crippen LogP contribution in [0.1, 0.15) is 18.4 Å². The lowest BCUT2D eigenvalue weighted by Gasteiger charge is -2.37. The average molecular weight is 249 g/mol. The molecule has 0 aliphatic carbocycles. The molecule has 5 heteroatoms. The normalized spacial score (nSPS) is 20.8. The molecule has 0 aromatic carbocycles. The van der Waals surface area contributed by atoms with Crippen LogP contribution < -0.4 is 10.2 Å². The van der Waals surface area contributed by atoms with E-state index < -0.39 is 0 Å². The van der Waals surface area contributed by atoms with E-state index in [4.69, 9.17) is 0 Å². The second-order valence-corrected chi connectivity index (χ2v) is 5.12. The molecule has 1 saturated heterocycles. The van der Waals surface area contributed by atoms with Gasteiger partial charge in [-0.2, -0.15) is 4.98 Å². The Labute approximate surface area is 109 Å². The van der Waals surface area contributed by atoms with Crippen molar-refractivity contribution in [1.82, 2.24) is 14.9 Å². The van der Waals surface area contributed by atoms with Gasteiger partial charge in [-0.3, -0.25) is 0 Å². The number of likely N-dealkylation sites (N-methyl/N-ethyl adjacent to an activating group) is 2. The minimum absolute atomic E-state index is 0.544. The van der Waals surface area contributed by atoms with E-state index in [9.17, 15) is 0 Å². The van der Waals surface area contributed by atoms with E-state index in [0.717, 1.165) is 17.9 Å². The molecule has 0 bridgehead atoms. The SMILES string of the molecule is CNc1ncc(C)c(N(C)C2CCCN(C)C2)n1. The van der Waals surface area contributed by atoms with Gasteiger partial charge in [-0.05, 0) is 33.4 Å². The van der Waals surface area contributed by atoms with Crippen molar-refractivity contribution in [2.75, 3.05) is 44.4 Å². The van der Waals surface area contributed by atoms with E-state index >= 15 is 0 Å². The molecule has 5 nitrogen and oxygen atoms in total. The van der Waals surface area contributed by atoms with E-state index in [1.807, 2.05) is 13.2 Å². The number of hydrogen-bond acceptors (Lipinski definition) is 5. The predicted molar refractivity (Wildman–Crippen MR) is 75.2 cm³/mol. The zero-order valence-electron chi connectivity index (χ0n) is 11.8. The predicted octanol–water partition coefficient (Wildman–Crippen LogP) is 1.36. The largest absolute Gasteiger partial charge is 0.357 e. The standard InChI is InChI=1S/C13H23N5/c1-10-8-15-13(14-2)16-12(10)18(4)11-6-5-7-17(3)9-11/h8,11H,5-7,9H2,1-4H3,(H,14,15,16). The Morgan fingerprint density at radius 2 is 2.28 bits per heavy atom. The summed E-state index contributed by atoms with van der Waals surface area (Å²) in [5.74, 6) is 1.72. The summed E-state index contributed by atoms with van der Waals surface area (Å²) in [7, 11) is 6.17. The molecule has 1 atom stereocenters. The van der Waals surface area contributed by atoms with Crippen LogP contribution in [0.5, 0.6) is 0 Å². The fourth-order valence-electron chi connectivity index (χ4n) is 2.54. The average Bonchev–Trinajstić information content (AvgIpc) is 2.38. The summed E-state index contributed by atoms with van der Waals surface area (Å²) in [5, 5.41) is 3.00. The van der Waals surface area contributed by atoms with Crippen LogP contribution in [0.2, 0.25) is 0 Å². The third kappa shape index (κ3) is 2.72. The van der Waals surface area contributed by atoms with Gasteiger partial charge in [0.05, 0.1) is 0 Å². The molecule has 1 N–H and O–H groups in total. The van der Waals surface area contributed by atoms with E-state index in [1.165, 1.54) is 19.4 Å². The van der Waals surface area contributed by atoms with Crippen molar-refractivity contribution in [1.29, 1.82) is 0 Å². The van der Waals surface area contributed by atoms with Crippen molar-refractivity contribution in [2.24, 2.45) is 0 Å². The van der Waals surface area contributed by atoms with Gasteiger partial charge >= 0.3 is 0 Å². The smallest absolute Gasteiger partial charge is 0.224 e. The first-order valence-corrected chi connectivity index (χ1v) is 6.54. The Hall–Kier alpha value is -1.36. The highest BCUT2D eigenvalue weighted by Gasteiger charge is 2.23. The zero-order chi connectivity index (χ0) is 13.1. The molecule has 1 fully saturated rings. The summed E-state index contributed by atoms with van der Waals surface area (Å²) >= 11 is 0. The third-order valence-electron chi connectivity index (χ3n) is 3.65. The topological polar surface area (TPSA) is 44.3 Å². The lowest BCUT2D eigenvalue weighted by molar-refractivity contribution is 0.247. The van der Waals surface area contributed by atoms with E-state index in [1.54, 1.807) is 0 Å². The second kappa shape index (κ2) is 5.52. The molecule has 2 heterocycles. The molecule has 0 amide bonds. The Balaban J connectivity index is 2.19. The number of likely N-dealkylation sites (tertiary alicyclic amines) is 1. The molecule has 1 aromatic rings. The quantitative estimate of drug-likeness (QED) is 0.876.